The van der Waals surface area contributed by atoms with E-state index in [-0.39, 0.29) is 0 Å². The molecule has 0 radical (unpaired) electrons. The summed E-state index contributed by atoms with van der Waals surface area (Å²) < 4.78 is 7.01. The van der Waals surface area contributed by atoms with Gasteiger partial charge in [0.2, 0.25) is 0 Å². The number of aliphatic hydroxyl groups is 3. The third-order valence-electron chi connectivity index (χ3n) is 4.38. The van der Waals surface area contributed by atoms with Crippen LogP contribution in [0.25, 0.3) is 11.2 Å². The first-order valence-electron chi connectivity index (χ1n) is 8.43. The zero-order valence-electron chi connectivity index (χ0n) is 14.4. The Balaban J connectivity index is 1.59. The van der Waals surface area contributed by atoms with Crippen LogP contribution in [0.2, 0.25) is 5.02 Å². The summed E-state index contributed by atoms with van der Waals surface area (Å²) in [6.45, 7) is -0.415. The van der Waals surface area contributed by atoms with Crippen LogP contribution in [0.5, 0.6) is 0 Å². The van der Waals surface area contributed by atoms with E-state index in [1.165, 1.54) is 17.2 Å². The van der Waals surface area contributed by atoms with Gasteiger partial charge < -0.3 is 20.1 Å². The van der Waals surface area contributed by atoms with Crippen LogP contribution < -0.4 is 5.43 Å². The predicted molar refractivity (Wildman–Crippen MR) is 101 cm³/mol. The largest absolute Gasteiger partial charge is 0.394 e. The molecule has 1 aromatic carbocycles. The number of aromatic nitrogens is 4. The van der Waals surface area contributed by atoms with Crippen molar-refractivity contribution in [2.45, 2.75) is 24.5 Å². The van der Waals surface area contributed by atoms with Crippen molar-refractivity contribution < 1.29 is 20.1 Å². The van der Waals surface area contributed by atoms with Gasteiger partial charge in [-0.1, -0.05) is 23.7 Å². The quantitative estimate of drug-likeness (QED) is 0.357. The molecule has 4 N–H and O–H groups in total. The van der Waals surface area contributed by atoms with Crippen LogP contribution in [0.1, 0.15) is 11.8 Å². The lowest BCUT2D eigenvalue weighted by molar-refractivity contribution is -0.0511. The second-order valence-electron chi connectivity index (χ2n) is 6.20. The number of nitrogens with one attached hydrogen (secondary N) is 1. The second-order valence-corrected chi connectivity index (χ2v) is 6.64. The molecule has 0 spiro atoms. The number of hydrazone groups is 1. The van der Waals surface area contributed by atoms with Crippen LogP contribution in [0.15, 0.2) is 42.0 Å². The smallest absolute Gasteiger partial charge is 0.177 e. The summed E-state index contributed by atoms with van der Waals surface area (Å²) in [6.07, 6.45) is 0.0537. The highest BCUT2D eigenvalue weighted by Crippen LogP contribution is 2.32. The molecule has 2 aromatic heterocycles. The van der Waals surface area contributed by atoms with Gasteiger partial charge in [0, 0.05) is 5.02 Å². The van der Waals surface area contributed by atoms with Crippen molar-refractivity contribution in [3.05, 3.63) is 47.5 Å². The lowest BCUT2D eigenvalue weighted by Crippen LogP contribution is -2.33. The maximum Gasteiger partial charge on any atom is 0.177 e. The van der Waals surface area contributed by atoms with Gasteiger partial charge in [-0.05, 0) is 17.7 Å². The van der Waals surface area contributed by atoms with Crippen molar-refractivity contribution in [1.82, 2.24) is 19.5 Å². The van der Waals surface area contributed by atoms with E-state index in [4.69, 9.17) is 16.3 Å². The molecule has 146 valence electrons. The molecule has 0 aliphatic carbocycles. The number of aliphatic hydroxyl groups excluding tert-OH is 3. The van der Waals surface area contributed by atoms with Gasteiger partial charge >= 0.3 is 0 Å². The van der Waals surface area contributed by atoms with E-state index in [0.29, 0.717) is 22.0 Å². The molecule has 1 aliphatic heterocycles. The summed E-state index contributed by atoms with van der Waals surface area (Å²) in [4.78, 5) is 12.6. The highest BCUT2D eigenvalue weighted by Gasteiger charge is 2.44. The Bertz CT molecular complexity index is 1010. The number of ether oxygens (including phenoxy) is 1. The Kier molecular flexibility index (Phi) is 5.20. The molecule has 4 rings (SSSR count). The average Bonchev–Trinajstić information content (AvgIpc) is 3.24. The maximum atomic E-state index is 10.2. The van der Waals surface area contributed by atoms with E-state index in [0.717, 1.165) is 5.56 Å². The Morgan fingerprint density at radius 1 is 1.25 bits per heavy atom. The Labute approximate surface area is 164 Å². The molecule has 3 aromatic rings. The minimum Gasteiger partial charge on any atom is -0.394 e. The normalized spacial score (nSPS) is 25.0. The van der Waals surface area contributed by atoms with Crippen LogP contribution in [0.3, 0.4) is 0 Å². The number of nitrogens with zero attached hydrogens (tertiary/aromatic N) is 5. The molecule has 1 fully saturated rings. The summed E-state index contributed by atoms with van der Waals surface area (Å²) in [5.74, 6) is 0.355. The van der Waals surface area contributed by atoms with Gasteiger partial charge in [0.05, 0.1) is 19.1 Å². The van der Waals surface area contributed by atoms with Crippen molar-refractivity contribution in [1.29, 1.82) is 0 Å². The van der Waals surface area contributed by atoms with E-state index in [1.807, 2.05) is 12.1 Å². The predicted octanol–water partition coefficient (Wildman–Crippen LogP) is 0.537. The number of anilines is 1. The molecule has 1 aliphatic rings. The van der Waals surface area contributed by atoms with Crippen molar-refractivity contribution >= 4 is 34.8 Å². The summed E-state index contributed by atoms with van der Waals surface area (Å²) in [5, 5.41) is 34.2. The number of hydrogen-bond acceptors (Lipinski definition) is 9. The summed E-state index contributed by atoms with van der Waals surface area (Å²) in [5.41, 5.74) is 4.40. The molecule has 0 saturated carbocycles. The van der Waals surface area contributed by atoms with Crippen molar-refractivity contribution in [2.24, 2.45) is 5.10 Å². The lowest BCUT2D eigenvalue weighted by Gasteiger charge is -2.16. The van der Waals surface area contributed by atoms with Gasteiger partial charge in [-0.25, -0.2) is 15.0 Å². The van der Waals surface area contributed by atoms with Crippen LogP contribution in [0, 0.1) is 0 Å². The molecule has 10 nitrogen and oxygen atoms in total. The number of imidazole rings is 1. The van der Waals surface area contributed by atoms with E-state index >= 15 is 0 Å². The van der Waals surface area contributed by atoms with E-state index in [2.05, 4.69) is 25.5 Å². The Hall–Kier alpha value is -2.63. The zero-order chi connectivity index (χ0) is 19.7. The van der Waals surface area contributed by atoms with Crippen molar-refractivity contribution in [3.8, 4) is 0 Å². The summed E-state index contributed by atoms with van der Waals surface area (Å²) in [6, 6.07) is 7.20. The second kappa shape index (κ2) is 7.78. The number of fused-ring (bicyclic) bond motifs is 1. The molecule has 3 heterocycles. The molecule has 0 amide bonds. The van der Waals surface area contributed by atoms with Crippen LogP contribution in [-0.4, -0.2) is 66.0 Å². The highest BCUT2D eigenvalue weighted by atomic mass is 35.5. The fourth-order valence-electron chi connectivity index (χ4n) is 2.98. The molecule has 28 heavy (non-hydrogen) atoms. The minimum atomic E-state index is -1.23. The van der Waals surface area contributed by atoms with E-state index in [1.54, 1.807) is 18.3 Å². The van der Waals surface area contributed by atoms with Gasteiger partial charge in [0.15, 0.2) is 23.2 Å². The first kappa shape index (κ1) is 18.7. The standard InChI is InChI=1S/C17H17ClN6O4/c18-10-3-1-2-9(4-10)5-22-23-15-12-16(20-7-19-15)24(8-21-12)17-14(27)13(26)11(6-25)28-17/h1-5,7-8,11,13-14,17,25-27H,6H2,(H,19,20,23)/b22-5+/t11-,13-,14-,17-/m1/s1. The SMILES string of the molecule is OC[C@H]1O[C@@H](n2cnc3c(N/N=C/c4cccc(Cl)c4)ncnc32)[C@H](O)[C@@H]1O. The zero-order valence-corrected chi connectivity index (χ0v) is 15.2. The van der Waals surface area contributed by atoms with Crippen molar-refractivity contribution in [3.63, 3.8) is 0 Å². The number of halogens is 1. The van der Waals surface area contributed by atoms with Crippen LogP contribution in [0.4, 0.5) is 5.82 Å². The molecule has 11 heteroatoms. The average molecular weight is 405 g/mol. The minimum absolute atomic E-state index is 0.355. The van der Waals surface area contributed by atoms with E-state index < -0.39 is 31.1 Å². The molecular weight excluding hydrogens is 388 g/mol. The molecular formula is C17H17ClN6O4. The fraction of sp³-hybridized carbons (Fsp3) is 0.294. The lowest BCUT2D eigenvalue weighted by atomic mass is 10.1. The van der Waals surface area contributed by atoms with Crippen LogP contribution >= 0.6 is 11.6 Å². The molecule has 0 bridgehead atoms. The fourth-order valence-corrected chi connectivity index (χ4v) is 3.18. The van der Waals surface area contributed by atoms with Gasteiger partial charge in [0.1, 0.15) is 24.6 Å². The molecule has 4 atom stereocenters. The van der Waals surface area contributed by atoms with E-state index in [9.17, 15) is 15.3 Å². The molecule has 1 saturated heterocycles. The Morgan fingerprint density at radius 3 is 2.86 bits per heavy atom. The topological polar surface area (TPSA) is 138 Å². The summed E-state index contributed by atoms with van der Waals surface area (Å²) in [7, 11) is 0. The molecule has 0 unspecified atom stereocenters. The first-order valence-corrected chi connectivity index (χ1v) is 8.81. The third-order valence-corrected chi connectivity index (χ3v) is 4.62. The number of benzene rings is 1. The summed E-state index contributed by atoms with van der Waals surface area (Å²) >= 11 is 5.95. The number of rotatable bonds is 5. The van der Waals surface area contributed by atoms with Crippen LogP contribution in [-0.2, 0) is 4.74 Å². The number of hydrogen-bond donors (Lipinski definition) is 4. The first-order chi connectivity index (χ1) is 13.6. The van der Waals surface area contributed by atoms with Crippen molar-refractivity contribution in [2.75, 3.05) is 12.0 Å². The monoisotopic (exact) mass is 404 g/mol. The third kappa shape index (κ3) is 3.43. The Morgan fingerprint density at radius 2 is 2.11 bits per heavy atom. The highest BCUT2D eigenvalue weighted by molar-refractivity contribution is 6.30. The van der Waals surface area contributed by atoms with Gasteiger partial charge in [-0.3, -0.25) is 9.99 Å². The van der Waals surface area contributed by atoms with Gasteiger partial charge in [-0.15, -0.1) is 0 Å². The van der Waals surface area contributed by atoms with Gasteiger partial charge in [0.25, 0.3) is 0 Å². The van der Waals surface area contributed by atoms with Gasteiger partial charge in [-0.2, -0.15) is 5.10 Å². The maximum absolute atomic E-state index is 10.2.